The monoisotopic (exact) mass is 467 g/mol. The summed E-state index contributed by atoms with van der Waals surface area (Å²) in [5.74, 6) is -0.710. The molecule has 2 aromatic carbocycles. The highest BCUT2D eigenvalue weighted by atomic mass is 19.4. The van der Waals surface area contributed by atoms with Gasteiger partial charge in [-0.15, -0.1) is 0 Å². The first-order valence-electron chi connectivity index (χ1n) is 10.2. The number of halogens is 4. The highest BCUT2D eigenvalue weighted by Crippen LogP contribution is 2.34. The molecule has 0 aliphatic carbocycles. The number of imidazole rings is 1. The Morgan fingerprint density at radius 2 is 1.71 bits per heavy atom. The van der Waals surface area contributed by atoms with Gasteiger partial charge in [-0.1, -0.05) is 6.07 Å². The molecule has 34 heavy (non-hydrogen) atoms. The van der Waals surface area contributed by atoms with Crippen LogP contribution in [0.1, 0.15) is 5.56 Å². The van der Waals surface area contributed by atoms with Crippen molar-refractivity contribution in [1.82, 2.24) is 19.1 Å². The number of benzene rings is 2. The third kappa shape index (κ3) is 3.38. The standard InChI is InChI=1S/C24H17F4N5O/c1-29-21-8-4-14(11-31-21)13-3-7-19-16(9-13)22-20(12-30-19)32(2)23(34)33(22)15-5-6-18(25)17(10-15)24(26,27)28/h3-12H,1-2H3,(H,29,31). The molecule has 0 amide bonds. The third-order valence-corrected chi connectivity index (χ3v) is 5.75. The first-order chi connectivity index (χ1) is 16.2. The second-order valence-corrected chi connectivity index (χ2v) is 7.74. The average Bonchev–Trinajstić information content (AvgIpc) is 3.09. The number of hydrogen-bond acceptors (Lipinski definition) is 4. The van der Waals surface area contributed by atoms with E-state index in [-0.39, 0.29) is 5.69 Å². The molecule has 0 aliphatic rings. The zero-order valence-electron chi connectivity index (χ0n) is 18.0. The summed E-state index contributed by atoms with van der Waals surface area (Å²) < 4.78 is 56.4. The van der Waals surface area contributed by atoms with Crippen LogP contribution in [0, 0.1) is 5.82 Å². The van der Waals surface area contributed by atoms with Gasteiger partial charge < -0.3 is 5.32 Å². The Labute approximate surface area is 190 Å². The van der Waals surface area contributed by atoms with E-state index in [9.17, 15) is 22.4 Å². The van der Waals surface area contributed by atoms with Crippen LogP contribution < -0.4 is 11.0 Å². The fourth-order valence-corrected chi connectivity index (χ4v) is 4.00. The van der Waals surface area contributed by atoms with Gasteiger partial charge in [0.25, 0.3) is 0 Å². The Kier molecular flexibility index (Phi) is 4.89. The van der Waals surface area contributed by atoms with E-state index in [2.05, 4.69) is 15.3 Å². The summed E-state index contributed by atoms with van der Waals surface area (Å²) in [6.07, 6.45) is -1.72. The molecule has 0 spiro atoms. The molecule has 5 aromatic rings. The molecule has 0 saturated heterocycles. The van der Waals surface area contributed by atoms with E-state index in [1.54, 1.807) is 19.3 Å². The molecule has 0 saturated carbocycles. The Bertz CT molecular complexity index is 1620. The summed E-state index contributed by atoms with van der Waals surface area (Å²) in [5.41, 5.74) is 0.836. The molecule has 0 fully saturated rings. The first kappa shape index (κ1) is 21.6. The van der Waals surface area contributed by atoms with E-state index >= 15 is 0 Å². The van der Waals surface area contributed by atoms with Gasteiger partial charge in [0.05, 0.1) is 34.0 Å². The maximum atomic E-state index is 13.9. The molecule has 5 rings (SSSR count). The predicted molar refractivity (Wildman–Crippen MR) is 122 cm³/mol. The van der Waals surface area contributed by atoms with Crippen LogP contribution in [0.5, 0.6) is 0 Å². The van der Waals surface area contributed by atoms with Gasteiger partial charge in [-0.25, -0.2) is 14.2 Å². The lowest BCUT2D eigenvalue weighted by molar-refractivity contribution is -0.140. The van der Waals surface area contributed by atoms with Crippen LogP contribution in [0.4, 0.5) is 23.4 Å². The highest BCUT2D eigenvalue weighted by molar-refractivity contribution is 6.04. The summed E-state index contributed by atoms with van der Waals surface area (Å²) in [4.78, 5) is 21.8. The van der Waals surface area contributed by atoms with Gasteiger partial charge in [0.1, 0.15) is 11.6 Å². The van der Waals surface area contributed by atoms with Gasteiger partial charge in [-0.05, 0) is 48.0 Å². The number of anilines is 1. The van der Waals surface area contributed by atoms with Crippen LogP contribution >= 0.6 is 0 Å². The quantitative estimate of drug-likeness (QED) is 0.373. The molecular formula is C24H17F4N5O. The van der Waals surface area contributed by atoms with Crippen LogP contribution in [0.25, 0.3) is 38.8 Å². The number of aromatic nitrogens is 4. The Balaban J connectivity index is 1.81. The van der Waals surface area contributed by atoms with Crippen molar-refractivity contribution in [3.63, 3.8) is 0 Å². The molecule has 0 atom stereocenters. The Hall–Kier alpha value is -4.21. The van der Waals surface area contributed by atoms with E-state index in [0.29, 0.717) is 39.9 Å². The van der Waals surface area contributed by atoms with Crippen LogP contribution in [0.2, 0.25) is 0 Å². The topological polar surface area (TPSA) is 64.7 Å². The van der Waals surface area contributed by atoms with Crippen molar-refractivity contribution < 1.29 is 17.6 Å². The molecule has 10 heteroatoms. The maximum absolute atomic E-state index is 13.9. The van der Waals surface area contributed by atoms with Crippen molar-refractivity contribution in [2.45, 2.75) is 6.18 Å². The largest absolute Gasteiger partial charge is 0.419 e. The fourth-order valence-electron chi connectivity index (χ4n) is 4.00. The predicted octanol–water partition coefficient (Wildman–Crippen LogP) is 5.14. The number of hydrogen-bond donors (Lipinski definition) is 1. The van der Waals surface area contributed by atoms with Gasteiger partial charge in [0, 0.05) is 31.2 Å². The summed E-state index contributed by atoms with van der Waals surface area (Å²) in [6, 6.07) is 11.6. The van der Waals surface area contributed by atoms with Crippen molar-refractivity contribution in [1.29, 1.82) is 0 Å². The molecular weight excluding hydrogens is 450 g/mol. The van der Waals surface area contributed by atoms with Crippen molar-refractivity contribution in [2.75, 3.05) is 12.4 Å². The van der Waals surface area contributed by atoms with Crippen LogP contribution in [0.15, 0.2) is 65.7 Å². The van der Waals surface area contributed by atoms with E-state index in [1.165, 1.54) is 17.8 Å². The normalized spacial score (nSPS) is 11.9. The minimum atomic E-state index is -4.91. The van der Waals surface area contributed by atoms with Crippen LogP contribution in [0.3, 0.4) is 0 Å². The summed E-state index contributed by atoms with van der Waals surface area (Å²) in [7, 11) is 3.27. The Morgan fingerprint density at radius 3 is 2.38 bits per heavy atom. The lowest BCUT2D eigenvalue weighted by Gasteiger charge is -2.12. The number of nitrogens with zero attached hydrogens (tertiary/aromatic N) is 4. The van der Waals surface area contributed by atoms with Crippen molar-refractivity contribution in [2.24, 2.45) is 7.05 Å². The smallest absolute Gasteiger partial charge is 0.373 e. The van der Waals surface area contributed by atoms with Crippen molar-refractivity contribution in [3.8, 4) is 16.8 Å². The minimum Gasteiger partial charge on any atom is -0.373 e. The molecule has 0 radical (unpaired) electrons. The van der Waals surface area contributed by atoms with Gasteiger partial charge in [-0.3, -0.25) is 14.1 Å². The van der Waals surface area contributed by atoms with Crippen LogP contribution in [-0.2, 0) is 13.2 Å². The first-order valence-corrected chi connectivity index (χ1v) is 10.2. The molecule has 0 aliphatic heterocycles. The fraction of sp³-hybridized carbons (Fsp3) is 0.125. The number of fused-ring (bicyclic) bond motifs is 3. The number of alkyl halides is 3. The molecule has 3 aromatic heterocycles. The molecule has 172 valence electrons. The number of nitrogens with one attached hydrogen (secondary N) is 1. The second kappa shape index (κ2) is 7.68. The maximum Gasteiger partial charge on any atom is 0.419 e. The lowest BCUT2D eigenvalue weighted by Crippen LogP contribution is -2.21. The van der Waals surface area contributed by atoms with Crippen LogP contribution in [-0.4, -0.2) is 26.1 Å². The summed E-state index contributed by atoms with van der Waals surface area (Å²) >= 11 is 0. The molecule has 3 heterocycles. The summed E-state index contributed by atoms with van der Waals surface area (Å²) in [5, 5.41) is 3.50. The number of pyridine rings is 2. The van der Waals surface area contributed by atoms with Crippen molar-refractivity contribution in [3.05, 3.63) is 82.8 Å². The van der Waals surface area contributed by atoms with E-state index in [1.807, 2.05) is 24.3 Å². The minimum absolute atomic E-state index is 0.0951. The van der Waals surface area contributed by atoms with Gasteiger partial charge in [-0.2, -0.15) is 13.2 Å². The van der Waals surface area contributed by atoms with E-state index in [4.69, 9.17) is 0 Å². The van der Waals surface area contributed by atoms with E-state index < -0.39 is 23.2 Å². The molecule has 1 N–H and O–H groups in total. The van der Waals surface area contributed by atoms with E-state index in [0.717, 1.165) is 21.8 Å². The SMILES string of the molecule is CNc1ccc(-c2ccc3ncc4c(c3c2)n(-c2ccc(F)c(C(F)(F)F)c2)c(=O)n4C)cn1. The molecule has 0 unspecified atom stereocenters. The summed E-state index contributed by atoms with van der Waals surface area (Å²) in [6.45, 7) is 0. The zero-order valence-corrected chi connectivity index (χ0v) is 18.0. The van der Waals surface area contributed by atoms with Crippen molar-refractivity contribution >= 4 is 27.8 Å². The molecule has 6 nitrogen and oxygen atoms in total. The zero-order chi connectivity index (χ0) is 24.2. The Morgan fingerprint density at radius 1 is 0.941 bits per heavy atom. The third-order valence-electron chi connectivity index (χ3n) is 5.75. The lowest BCUT2D eigenvalue weighted by atomic mass is 10.0. The second-order valence-electron chi connectivity index (χ2n) is 7.74. The average molecular weight is 467 g/mol. The number of rotatable bonds is 3. The molecule has 0 bridgehead atoms. The van der Waals surface area contributed by atoms with Gasteiger partial charge >= 0.3 is 11.9 Å². The number of aryl methyl sites for hydroxylation is 1. The highest BCUT2D eigenvalue weighted by Gasteiger charge is 2.34. The van der Waals surface area contributed by atoms with Gasteiger partial charge in [0.15, 0.2) is 0 Å². The van der Waals surface area contributed by atoms with Gasteiger partial charge in [0.2, 0.25) is 0 Å².